The third kappa shape index (κ3) is 3.74. The molecule has 9 nitrogen and oxygen atoms in total. The van der Waals surface area contributed by atoms with Crippen molar-refractivity contribution in [3.8, 4) is 5.69 Å². The molecule has 1 saturated carbocycles. The van der Waals surface area contributed by atoms with Gasteiger partial charge in [0, 0.05) is 18.8 Å². The summed E-state index contributed by atoms with van der Waals surface area (Å²) >= 11 is 0. The van der Waals surface area contributed by atoms with Crippen LogP contribution in [0.2, 0.25) is 0 Å². The molecule has 0 amide bonds. The summed E-state index contributed by atoms with van der Waals surface area (Å²) in [5.74, 6) is 0.643. The molecule has 0 radical (unpaired) electrons. The Bertz CT molecular complexity index is 1250. The van der Waals surface area contributed by atoms with Gasteiger partial charge in [0.05, 0.1) is 11.4 Å². The number of nitrogens with zero attached hydrogens (tertiary/aromatic N) is 7. The molecular weight excluding hydrogens is 426 g/mol. The van der Waals surface area contributed by atoms with E-state index in [9.17, 15) is 0 Å². The number of rotatable bonds is 5. The van der Waals surface area contributed by atoms with E-state index >= 15 is 0 Å². The maximum Gasteiger partial charge on any atom is 0.220 e. The Balaban J connectivity index is 1.53. The Hall–Kier alpha value is -3.62. The number of benzene rings is 2. The lowest BCUT2D eigenvalue weighted by Gasteiger charge is -2.46. The van der Waals surface area contributed by atoms with Gasteiger partial charge >= 0.3 is 0 Å². The number of fused-ring (bicyclic) bond motifs is 1. The summed E-state index contributed by atoms with van der Waals surface area (Å²) in [6.45, 7) is 8.34. The van der Waals surface area contributed by atoms with Crippen molar-refractivity contribution in [2.24, 2.45) is 21.5 Å². The van der Waals surface area contributed by atoms with E-state index < -0.39 is 5.66 Å². The van der Waals surface area contributed by atoms with Gasteiger partial charge in [-0.25, -0.2) is 4.99 Å². The zero-order valence-corrected chi connectivity index (χ0v) is 20.2. The van der Waals surface area contributed by atoms with Gasteiger partial charge in [-0.3, -0.25) is 4.90 Å². The molecule has 9 heteroatoms. The number of nitrogens with two attached hydrogens (primary N) is 2. The maximum absolute atomic E-state index is 6.45. The summed E-state index contributed by atoms with van der Waals surface area (Å²) in [5, 5.41) is 9.54. The van der Waals surface area contributed by atoms with Crippen LogP contribution in [0.5, 0.6) is 0 Å². The van der Waals surface area contributed by atoms with Crippen LogP contribution in [-0.2, 0) is 0 Å². The van der Waals surface area contributed by atoms with Crippen molar-refractivity contribution in [2.75, 3.05) is 22.9 Å². The molecule has 4 N–H and O–H groups in total. The summed E-state index contributed by atoms with van der Waals surface area (Å²) in [6, 6.07) is 12.5. The van der Waals surface area contributed by atoms with E-state index in [0.29, 0.717) is 5.96 Å². The Morgan fingerprint density at radius 2 is 1.59 bits per heavy atom. The Labute approximate surface area is 200 Å². The molecule has 1 aliphatic carbocycles. The van der Waals surface area contributed by atoms with Gasteiger partial charge < -0.3 is 16.4 Å². The Kier molecular flexibility index (Phi) is 5.63. The van der Waals surface area contributed by atoms with Crippen LogP contribution in [0.15, 0.2) is 46.4 Å². The zero-order valence-electron chi connectivity index (χ0n) is 20.2. The van der Waals surface area contributed by atoms with Crippen molar-refractivity contribution in [3.05, 3.63) is 42.0 Å². The Morgan fingerprint density at radius 1 is 0.941 bits per heavy atom. The highest BCUT2D eigenvalue weighted by molar-refractivity contribution is 6.06. The second-order valence-electron chi connectivity index (χ2n) is 9.12. The molecule has 1 aliphatic heterocycles. The molecule has 2 heterocycles. The second-order valence-corrected chi connectivity index (χ2v) is 9.12. The quantitative estimate of drug-likeness (QED) is 0.602. The summed E-state index contributed by atoms with van der Waals surface area (Å²) in [7, 11) is 0. The fraction of sp³-hybridized carbons (Fsp3) is 0.440. The predicted molar refractivity (Wildman–Crippen MR) is 139 cm³/mol. The first-order chi connectivity index (χ1) is 16.4. The van der Waals surface area contributed by atoms with Crippen molar-refractivity contribution < 1.29 is 0 Å². The molecule has 0 atom stereocenters. The van der Waals surface area contributed by atoms with Crippen molar-refractivity contribution in [1.82, 2.24) is 15.0 Å². The average molecular weight is 460 g/mol. The van der Waals surface area contributed by atoms with Crippen molar-refractivity contribution in [3.63, 3.8) is 0 Å². The molecular formula is C25H33N9. The zero-order chi connectivity index (χ0) is 23.9. The summed E-state index contributed by atoms with van der Waals surface area (Å²) in [6.07, 6.45) is 5.16. The van der Waals surface area contributed by atoms with Gasteiger partial charge in [-0.15, -0.1) is 10.2 Å². The number of hydrogen-bond donors (Lipinski definition) is 2. The lowest BCUT2D eigenvalue weighted by atomic mass is 9.87. The minimum Gasteiger partial charge on any atom is -0.372 e. The highest BCUT2D eigenvalue weighted by atomic mass is 15.5. The van der Waals surface area contributed by atoms with Crippen LogP contribution in [0, 0.1) is 6.92 Å². The molecule has 1 fully saturated rings. The lowest BCUT2D eigenvalue weighted by molar-refractivity contribution is 0.305. The SMILES string of the molecule is CCN(CC)c1ccc(-n2nc3cc(C)c(N4C(N)=NC(N)=NC45CCCCC5)cc3n2)cc1. The number of guanidine groups is 2. The first-order valence-electron chi connectivity index (χ1n) is 12.2. The third-order valence-corrected chi connectivity index (χ3v) is 7.00. The molecule has 2 aliphatic rings. The molecule has 34 heavy (non-hydrogen) atoms. The molecule has 0 bridgehead atoms. The fourth-order valence-corrected chi connectivity index (χ4v) is 5.27. The molecule has 178 valence electrons. The largest absolute Gasteiger partial charge is 0.372 e. The molecule has 1 aromatic heterocycles. The van der Waals surface area contributed by atoms with Crippen molar-refractivity contribution in [1.29, 1.82) is 0 Å². The molecule has 0 saturated heterocycles. The number of aliphatic imine (C=N–C) groups is 2. The molecule has 1 spiro atoms. The first kappa shape index (κ1) is 22.2. The third-order valence-electron chi connectivity index (χ3n) is 7.00. The van der Waals surface area contributed by atoms with E-state index in [1.54, 1.807) is 4.80 Å². The number of anilines is 2. The standard InChI is InChI=1S/C25H33N9/c1-4-32(5-2)18-9-11-19(12-10-18)34-30-20-15-17(3)22(16-21(20)31-34)33-24(27)28-23(26)29-25(33)13-7-6-8-14-25/h9-12,15-16H,4-8,13-14H2,1-3H3,(H4,26,27,28,29). The molecule has 3 aromatic rings. The molecule has 0 unspecified atom stereocenters. The minimum atomic E-state index is -0.483. The van der Waals surface area contributed by atoms with Gasteiger partial charge in [0.15, 0.2) is 0 Å². The van der Waals surface area contributed by atoms with E-state index in [0.717, 1.165) is 66.7 Å². The summed E-state index contributed by atoms with van der Waals surface area (Å²) in [5.41, 5.74) is 17.8. The summed E-state index contributed by atoms with van der Waals surface area (Å²) in [4.78, 5) is 15.2. The second kappa shape index (κ2) is 8.62. The first-order valence-corrected chi connectivity index (χ1v) is 12.2. The predicted octanol–water partition coefficient (Wildman–Crippen LogP) is 3.68. The van der Waals surface area contributed by atoms with Crippen molar-refractivity contribution in [2.45, 2.75) is 58.5 Å². The van der Waals surface area contributed by atoms with E-state index in [1.807, 2.05) is 6.07 Å². The molecule has 5 rings (SSSR count). The van der Waals surface area contributed by atoms with E-state index in [1.165, 1.54) is 12.1 Å². The normalized spacial score (nSPS) is 17.7. The van der Waals surface area contributed by atoms with Crippen LogP contribution in [0.3, 0.4) is 0 Å². The van der Waals surface area contributed by atoms with Gasteiger partial charge in [0.25, 0.3) is 0 Å². The monoisotopic (exact) mass is 459 g/mol. The van der Waals surface area contributed by atoms with Crippen molar-refractivity contribution >= 4 is 34.3 Å². The molecule has 2 aromatic carbocycles. The fourth-order valence-electron chi connectivity index (χ4n) is 5.27. The van der Waals surface area contributed by atoms with Gasteiger partial charge in [0.2, 0.25) is 11.9 Å². The van der Waals surface area contributed by atoms with Crippen LogP contribution < -0.4 is 21.3 Å². The lowest BCUT2D eigenvalue weighted by Crippen LogP contribution is -2.58. The van der Waals surface area contributed by atoms with Crippen LogP contribution in [-0.4, -0.2) is 45.7 Å². The smallest absolute Gasteiger partial charge is 0.220 e. The van der Waals surface area contributed by atoms with Gasteiger partial charge in [0.1, 0.15) is 16.7 Å². The van der Waals surface area contributed by atoms with Gasteiger partial charge in [-0.2, -0.15) is 9.79 Å². The topological polar surface area (TPSA) is 114 Å². The number of aryl methyl sites for hydroxylation is 1. The van der Waals surface area contributed by atoms with E-state index in [2.05, 4.69) is 65.9 Å². The highest BCUT2D eigenvalue weighted by Gasteiger charge is 2.43. The van der Waals surface area contributed by atoms with Crippen LogP contribution in [0.1, 0.15) is 51.5 Å². The maximum atomic E-state index is 6.45. The van der Waals surface area contributed by atoms with Crippen LogP contribution in [0.4, 0.5) is 11.4 Å². The average Bonchev–Trinajstić information content (AvgIpc) is 3.23. The van der Waals surface area contributed by atoms with Crippen LogP contribution in [0.25, 0.3) is 16.7 Å². The summed E-state index contributed by atoms with van der Waals surface area (Å²) < 4.78 is 0. The number of hydrogen-bond acceptors (Lipinski definition) is 8. The number of aromatic nitrogens is 3. The van der Waals surface area contributed by atoms with E-state index in [-0.39, 0.29) is 5.96 Å². The van der Waals surface area contributed by atoms with E-state index in [4.69, 9.17) is 26.7 Å². The Morgan fingerprint density at radius 3 is 2.24 bits per heavy atom. The van der Waals surface area contributed by atoms with Gasteiger partial charge in [-0.1, -0.05) is 6.42 Å². The highest BCUT2D eigenvalue weighted by Crippen LogP contribution is 2.41. The van der Waals surface area contributed by atoms with Crippen LogP contribution >= 0.6 is 0 Å². The van der Waals surface area contributed by atoms with Gasteiger partial charge in [-0.05, 0) is 88.4 Å². The minimum absolute atomic E-state index is 0.258.